The second-order valence-electron chi connectivity index (χ2n) is 5.89. The summed E-state index contributed by atoms with van der Waals surface area (Å²) in [4.78, 5) is 18.9. The molecule has 0 spiro atoms. The summed E-state index contributed by atoms with van der Waals surface area (Å²) in [6, 6.07) is 6.39. The summed E-state index contributed by atoms with van der Waals surface area (Å²) in [5.74, 6) is 0.306. The summed E-state index contributed by atoms with van der Waals surface area (Å²) >= 11 is 1.48. The van der Waals surface area contributed by atoms with E-state index in [0.29, 0.717) is 18.0 Å². The van der Waals surface area contributed by atoms with Crippen LogP contribution >= 0.6 is 11.3 Å². The fraction of sp³-hybridized carbons (Fsp3) is 0.412. The number of nitrogens with one attached hydrogen (secondary N) is 1. The quantitative estimate of drug-likeness (QED) is 0.915. The van der Waals surface area contributed by atoms with Crippen molar-refractivity contribution in [2.24, 2.45) is 5.92 Å². The maximum absolute atomic E-state index is 12.9. The van der Waals surface area contributed by atoms with Gasteiger partial charge in [-0.1, -0.05) is 12.1 Å². The van der Waals surface area contributed by atoms with Crippen LogP contribution in [0.3, 0.4) is 0 Å². The van der Waals surface area contributed by atoms with Crippen molar-refractivity contribution < 1.29 is 9.18 Å². The number of hydrogen-bond acceptors (Lipinski definition) is 4. The van der Waals surface area contributed by atoms with E-state index in [-0.39, 0.29) is 11.7 Å². The molecule has 1 amide bonds. The summed E-state index contributed by atoms with van der Waals surface area (Å²) in [7, 11) is 1.94. The van der Waals surface area contributed by atoms with Gasteiger partial charge in [-0.2, -0.15) is 0 Å². The number of rotatable bonds is 5. The first-order valence-electron chi connectivity index (χ1n) is 7.78. The van der Waals surface area contributed by atoms with Crippen molar-refractivity contribution in [2.75, 3.05) is 26.7 Å². The molecule has 1 aromatic heterocycles. The van der Waals surface area contributed by atoms with E-state index in [1.54, 1.807) is 12.1 Å². The molecule has 2 aromatic rings. The van der Waals surface area contributed by atoms with Crippen molar-refractivity contribution in [1.29, 1.82) is 0 Å². The SMILES string of the molecule is CNCC1CCN(C(=O)c2csc(Cc3ccc(F)cc3)n2)C1. The molecule has 6 heteroatoms. The Labute approximate surface area is 139 Å². The fourth-order valence-corrected chi connectivity index (χ4v) is 3.70. The number of thiazole rings is 1. The van der Waals surface area contributed by atoms with E-state index < -0.39 is 0 Å². The topological polar surface area (TPSA) is 45.2 Å². The van der Waals surface area contributed by atoms with Gasteiger partial charge < -0.3 is 10.2 Å². The minimum atomic E-state index is -0.242. The minimum Gasteiger partial charge on any atom is -0.337 e. The van der Waals surface area contributed by atoms with Gasteiger partial charge in [0.25, 0.3) is 5.91 Å². The lowest BCUT2D eigenvalue weighted by Gasteiger charge is -2.15. The number of aromatic nitrogens is 1. The van der Waals surface area contributed by atoms with Gasteiger partial charge in [0.15, 0.2) is 0 Å². The van der Waals surface area contributed by atoms with Crippen molar-refractivity contribution in [3.63, 3.8) is 0 Å². The first-order chi connectivity index (χ1) is 11.2. The summed E-state index contributed by atoms with van der Waals surface area (Å²) in [6.45, 7) is 2.54. The lowest BCUT2D eigenvalue weighted by Crippen LogP contribution is -2.30. The Morgan fingerprint density at radius 1 is 1.43 bits per heavy atom. The Hall–Kier alpha value is -1.79. The second-order valence-corrected chi connectivity index (χ2v) is 6.84. The van der Waals surface area contributed by atoms with Gasteiger partial charge in [-0.05, 0) is 43.6 Å². The Bertz CT molecular complexity index is 671. The summed E-state index contributed by atoms with van der Waals surface area (Å²) < 4.78 is 12.9. The lowest BCUT2D eigenvalue weighted by molar-refractivity contribution is 0.0782. The second kappa shape index (κ2) is 7.19. The van der Waals surface area contributed by atoms with Gasteiger partial charge in [0.05, 0.1) is 5.01 Å². The van der Waals surface area contributed by atoms with Crippen LogP contribution in [-0.2, 0) is 6.42 Å². The van der Waals surface area contributed by atoms with E-state index >= 15 is 0 Å². The molecular weight excluding hydrogens is 313 g/mol. The molecular formula is C17H20FN3OS. The number of carbonyl (C=O) groups excluding carboxylic acids is 1. The van der Waals surface area contributed by atoms with Crippen LogP contribution in [-0.4, -0.2) is 42.5 Å². The molecule has 1 aliphatic heterocycles. The zero-order chi connectivity index (χ0) is 16.2. The molecule has 0 aliphatic carbocycles. The van der Waals surface area contributed by atoms with Crippen LogP contribution in [0, 0.1) is 11.7 Å². The van der Waals surface area contributed by atoms with Crippen molar-refractivity contribution in [1.82, 2.24) is 15.2 Å². The normalized spacial score (nSPS) is 17.7. The van der Waals surface area contributed by atoms with E-state index in [0.717, 1.165) is 36.6 Å². The number of benzene rings is 1. The highest BCUT2D eigenvalue weighted by atomic mass is 32.1. The van der Waals surface area contributed by atoms with Gasteiger partial charge in [0.1, 0.15) is 11.5 Å². The molecule has 2 heterocycles. The lowest BCUT2D eigenvalue weighted by atomic mass is 10.1. The molecule has 1 N–H and O–H groups in total. The average Bonchev–Trinajstić information content (AvgIpc) is 3.19. The molecule has 1 atom stereocenters. The van der Waals surface area contributed by atoms with Gasteiger partial charge >= 0.3 is 0 Å². The summed E-state index contributed by atoms with van der Waals surface area (Å²) in [6.07, 6.45) is 1.67. The highest BCUT2D eigenvalue weighted by Gasteiger charge is 2.27. The molecule has 0 bridgehead atoms. The van der Waals surface area contributed by atoms with Crippen LogP contribution in [0.4, 0.5) is 4.39 Å². The smallest absolute Gasteiger partial charge is 0.273 e. The van der Waals surface area contributed by atoms with Gasteiger partial charge in [-0.15, -0.1) is 11.3 Å². The number of hydrogen-bond donors (Lipinski definition) is 1. The highest BCUT2D eigenvalue weighted by molar-refractivity contribution is 7.09. The number of halogens is 1. The molecule has 1 fully saturated rings. The van der Waals surface area contributed by atoms with Crippen LogP contribution in [0.15, 0.2) is 29.6 Å². The Balaban J connectivity index is 1.62. The molecule has 1 aromatic carbocycles. The molecule has 4 nitrogen and oxygen atoms in total. The van der Waals surface area contributed by atoms with Crippen LogP contribution in [0.1, 0.15) is 27.5 Å². The van der Waals surface area contributed by atoms with E-state index in [1.165, 1.54) is 23.5 Å². The number of amides is 1. The number of nitrogens with zero attached hydrogens (tertiary/aromatic N) is 2. The van der Waals surface area contributed by atoms with Crippen LogP contribution in [0.25, 0.3) is 0 Å². The third-order valence-electron chi connectivity index (χ3n) is 4.11. The van der Waals surface area contributed by atoms with Gasteiger partial charge in [0.2, 0.25) is 0 Å². The Morgan fingerprint density at radius 3 is 2.96 bits per heavy atom. The zero-order valence-electron chi connectivity index (χ0n) is 13.1. The van der Waals surface area contributed by atoms with E-state index in [2.05, 4.69) is 10.3 Å². The molecule has 1 aliphatic rings. The van der Waals surface area contributed by atoms with Crippen molar-refractivity contribution in [3.8, 4) is 0 Å². The molecule has 122 valence electrons. The third-order valence-corrected chi connectivity index (χ3v) is 4.95. The van der Waals surface area contributed by atoms with Gasteiger partial charge in [-0.25, -0.2) is 9.37 Å². The van der Waals surface area contributed by atoms with Crippen LogP contribution < -0.4 is 5.32 Å². The standard InChI is InChI=1S/C17H20FN3OS/c1-19-9-13-6-7-21(10-13)17(22)15-11-23-16(20-15)8-12-2-4-14(18)5-3-12/h2-5,11,13,19H,6-10H2,1H3. The molecule has 3 rings (SSSR count). The molecule has 0 radical (unpaired) electrons. The molecule has 1 unspecified atom stereocenters. The molecule has 0 saturated carbocycles. The summed E-state index contributed by atoms with van der Waals surface area (Å²) in [5.41, 5.74) is 1.52. The zero-order valence-corrected chi connectivity index (χ0v) is 13.9. The van der Waals surface area contributed by atoms with Gasteiger partial charge in [-0.3, -0.25) is 4.79 Å². The van der Waals surface area contributed by atoms with E-state index in [9.17, 15) is 9.18 Å². The predicted molar refractivity (Wildman–Crippen MR) is 89.3 cm³/mol. The molecule has 23 heavy (non-hydrogen) atoms. The van der Waals surface area contributed by atoms with E-state index in [4.69, 9.17) is 0 Å². The summed E-state index contributed by atoms with van der Waals surface area (Å²) in [5, 5.41) is 5.87. The monoisotopic (exact) mass is 333 g/mol. The maximum atomic E-state index is 12.9. The van der Waals surface area contributed by atoms with Crippen molar-refractivity contribution in [2.45, 2.75) is 12.8 Å². The number of carbonyl (C=O) groups is 1. The van der Waals surface area contributed by atoms with E-state index in [1.807, 2.05) is 17.3 Å². The van der Waals surface area contributed by atoms with Crippen LogP contribution in [0.2, 0.25) is 0 Å². The number of likely N-dealkylation sites (tertiary alicyclic amines) is 1. The Kier molecular flexibility index (Phi) is 5.03. The fourth-order valence-electron chi connectivity index (χ4n) is 2.90. The van der Waals surface area contributed by atoms with Crippen molar-refractivity contribution >= 4 is 17.2 Å². The first kappa shape index (κ1) is 16.1. The predicted octanol–water partition coefficient (Wildman–Crippen LogP) is 2.55. The van der Waals surface area contributed by atoms with Crippen molar-refractivity contribution in [3.05, 3.63) is 51.7 Å². The van der Waals surface area contributed by atoms with Gasteiger partial charge in [0, 0.05) is 24.9 Å². The molecule has 1 saturated heterocycles. The highest BCUT2D eigenvalue weighted by Crippen LogP contribution is 2.20. The van der Waals surface area contributed by atoms with Crippen LogP contribution in [0.5, 0.6) is 0 Å². The maximum Gasteiger partial charge on any atom is 0.273 e. The average molecular weight is 333 g/mol. The Morgan fingerprint density at radius 2 is 2.22 bits per heavy atom. The minimum absolute atomic E-state index is 0.0187. The first-order valence-corrected chi connectivity index (χ1v) is 8.66. The largest absolute Gasteiger partial charge is 0.337 e. The third kappa shape index (κ3) is 3.95.